The molecule has 0 atom stereocenters. The molecule has 1 aliphatic heterocycles. The molecule has 0 radical (unpaired) electrons. The first-order chi connectivity index (χ1) is 12.9. The predicted octanol–water partition coefficient (Wildman–Crippen LogP) is 5.01. The van der Waals surface area contributed by atoms with Crippen LogP contribution < -0.4 is 4.90 Å². The van der Waals surface area contributed by atoms with Crippen molar-refractivity contribution >= 4 is 40.3 Å². The molecule has 1 fully saturated rings. The molecule has 0 spiro atoms. The number of rotatable bonds is 5. The molecule has 5 heteroatoms. The van der Waals surface area contributed by atoms with Gasteiger partial charge in [0.1, 0.15) is 0 Å². The van der Waals surface area contributed by atoms with Gasteiger partial charge in [-0.05, 0) is 53.6 Å². The Hall–Kier alpha value is -2.53. The summed E-state index contributed by atoms with van der Waals surface area (Å²) in [4.78, 5) is 22.2. The molecule has 0 unspecified atom stereocenters. The largest absolute Gasteiger partial charge is 0.378 e. The van der Waals surface area contributed by atoms with Crippen molar-refractivity contribution in [2.75, 3.05) is 25.5 Å². The van der Waals surface area contributed by atoms with Crippen LogP contribution in [0, 0.1) is 5.92 Å². The van der Waals surface area contributed by atoms with Gasteiger partial charge < -0.3 is 4.90 Å². The first-order valence-electron chi connectivity index (χ1n) is 9.06. The van der Waals surface area contributed by atoms with Crippen molar-refractivity contribution in [3.8, 4) is 0 Å². The van der Waals surface area contributed by atoms with E-state index in [-0.39, 0.29) is 5.91 Å². The fourth-order valence-corrected chi connectivity index (χ4v) is 3.76. The van der Waals surface area contributed by atoms with Crippen LogP contribution in [-0.2, 0) is 4.79 Å². The summed E-state index contributed by atoms with van der Waals surface area (Å²) in [5, 5.41) is 0.746. The number of anilines is 1. The van der Waals surface area contributed by atoms with Crippen LogP contribution in [-0.4, -0.2) is 36.6 Å². The lowest BCUT2D eigenvalue weighted by atomic mass is 10.1. The average Bonchev–Trinajstić information content (AvgIpc) is 2.91. The predicted molar refractivity (Wildman–Crippen MR) is 116 cm³/mol. The molecule has 0 saturated carbocycles. The summed E-state index contributed by atoms with van der Waals surface area (Å²) in [5.74, 6) is 0.398. The number of para-hydroxylation sites is 1. The zero-order valence-electron chi connectivity index (χ0n) is 16.2. The van der Waals surface area contributed by atoms with E-state index in [9.17, 15) is 4.79 Å². The number of amides is 1. The topological polar surface area (TPSA) is 35.9 Å². The first kappa shape index (κ1) is 19.2. The Morgan fingerprint density at radius 3 is 2.33 bits per heavy atom. The van der Waals surface area contributed by atoms with Crippen LogP contribution in [0.25, 0.3) is 6.08 Å². The van der Waals surface area contributed by atoms with Crippen molar-refractivity contribution < 1.29 is 4.79 Å². The summed E-state index contributed by atoms with van der Waals surface area (Å²) >= 11 is 1.45. The van der Waals surface area contributed by atoms with Gasteiger partial charge in [-0.15, -0.1) is 0 Å². The highest BCUT2D eigenvalue weighted by Gasteiger charge is 2.33. The van der Waals surface area contributed by atoms with Gasteiger partial charge in [-0.3, -0.25) is 9.69 Å². The van der Waals surface area contributed by atoms with Crippen molar-refractivity contribution in [1.82, 2.24) is 4.90 Å². The second kappa shape index (κ2) is 8.44. The number of carbonyl (C=O) groups is 1. The summed E-state index contributed by atoms with van der Waals surface area (Å²) in [6, 6.07) is 18.0. The second-order valence-electron chi connectivity index (χ2n) is 7.14. The summed E-state index contributed by atoms with van der Waals surface area (Å²) < 4.78 is 0. The van der Waals surface area contributed by atoms with E-state index in [0.29, 0.717) is 17.4 Å². The lowest BCUT2D eigenvalue weighted by Crippen LogP contribution is -2.32. The van der Waals surface area contributed by atoms with Crippen LogP contribution >= 0.6 is 11.8 Å². The van der Waals surface area contributed by atoms with Gasteiger partial charge in [0.2, 0.25) is 0 Å². The monoisotopic (exact) mass is 379 g/mol. The zero-order chi connectivity index (χ0) is 19.4. The molecule has 2 aromatic rings. The highest BCUT2D eigenvalue weighted by molar-refractivity contribution is 8.18. The molecule has 1 aliphatic rings. The van der Waals surface area contributed by atoms with Crippen LogP contribution in [0.15, 0.2) is 64.5 Å². The van der Waals surface area contributed by atoms with Crippen molar-refractivity contribution in [2.24, 2.45) is 10.9 Å². The number of nitrogens with zero attached hydrogens (tertiary/aromatic N) is 3. The third kappa shape index (κ3) is 4.80. The van der Waals surface area contributed by atoms with E-state index in [1.165, 1.54) is 11.8 Å². The average molecular weight is 380 g/mol. The van der Waals surface area contributed by atoms with Crippen molar-refractivity contribution in [3.05, 3.63) is 65.1 Å². The van der Waals surface area contributed by atoms with Gasteiger partial charge in [-0.1, -0.05) is 44.2 Å². The fourth-order valence-electron chi connectivity index (χ4n) is 2.75. The molecule has 4 nitrogen and oxygen atoms in total. The normalized spacial score (nSPS) is 17.4. The van der Waals surface area contributed by atoms with E-state index in [4.69, 9.17) is 4.99 Å². The molecule has 0 bridgehead atoms. The first-order valence-corrected chi connectivity index (χ1v) is 9.88. The van der Waals surface area contributed by atoms with E-state index in [1.54, 1.807) is 4.90 Å². The Kier molecular flexibility index (Phi) is 6.01. The maximum atomic E-state index is 13.0. The van der Waals surface area contributed by atoms with Gasteiger partial charge in [0.15, 0.2) is 5.17 Å². The van der Waals surface area contributed by atoms with Crippen molar-refractivity contribution in [2.45, 2.75) is 13.8 Å². The minimum atomic E-state index is 0.0278. The summed E-state index contributed by atoms with van der Waals surface area (Å²) in [6.07, 6.45) is 1.95. The quantitative estimate of drug-likeness (QED) is 0.685. The Bertz CT molecular complexity index is 855. The number of hydrogen-bond acceptors (Lipinski definition) is 4. The maximum absolute atomic E-state index is 13.0. The Morgan fingerprint density at radius 1 is 1.07 bits per heavy atom. The number of benzene rings is 2. The molecule has 0 aliphatic carbocycles. The van der Waals surface area contributed by atoms with E-state index in [1.807, 2.05) is 62.6 Å². The van der Waals surface area contributed by atoms with E-state index in [2.05, 4.69) is 30.9 Å². The highest BCUT2D eigenvalue weighted by Crippen LogP contribution is 2.34. The minimum absolute atomic E-state index is 0.0278. The third-order valence-corrected chi connectivity index (χ3v) is 5.13. The number of hydrogen-bond donors (Lipinski definition) is 0. The van der Waals surface area contributed by atoms with Crippen LogP contribution in [0.1, 0.15) is 19.4 Å². The number of thioether (sulfide) groups is 1. The van der Waals surface area contributed by atoms with Gasteiger partial charge in [0.05, 0.1) is 10.6 Å². The number of aliphatic imine (C=N–C) groups is 1. The molecule has 1 heterocycles. The molecule has 2 aromatic carbocycles. The summed E-state index contributed by atoms with van der Waals surface area (Å²) in [7, 11) is 4.03. The molecule has 1 amide bonds. The molecule has 3 rings (SSSR count). The van der Waals surface area contributed by atoms with E-state index >= 15 is 0 Å². The van der Waals surface area contributed by atoms with Crippen LogP contribution in [0.2, 0.25) is 0 Å². The molecule has 140 valence electrons. The van der Waals surface area contributed by atoms with Crippen LogP contribution in [0.5, 0.6) is 0 Å². The standard InChI is InChI=1S/C22H25N3OS/c1-16(2)15-25-21(26)20(14-17-10-12-19(13-11-17)24(3)4)27-22(25)23-18-8-6-5-7-9-18/h5-14,16H,15H2,1-4H3/b20-14-,23-22?. The molecule has 0 aromatic heterocycles. The zero-order valence-corrected chi connectivity index (χ0v) is 17.0. The van der Waals surface area contributed by atoms with Crippen LogP contribution in [0.4, 0.5) is 11.4 Å². The highest BCUT2D eigenvalue weighted by atomic mass is 32.2. The molecule has 27 heavy (non-hydrogen) atoms. The van der Waals surface area contributed by atoms with Gasteiger partial charge in [-0.25, -0.2) is 4.99 Å². The summed E-state index contributed by atoms with van der Waals surface area (Å²) in [5.41, 5.74) is 3.01. The lowest BCUT2D eigenvalue weighted by Gasteiger charge is -2.17. The third-order valence-electron chi connectivity index (χ3n) is 4.12. The van der Waals surface area contributed by atoms with Crippen molar-refractivity contribution in [3.63, 3.8) is 0 Å². The van der Waals surface area contributed by atoms with E-state index in [0.717, 1.165) is 22.1 Å². The Balaban J connectivity index is 1.90. The van der Waals surface area contributed by atoms with Gasteiger partial charge in [0.25, 0.3) is 5.91 Å². The summed E-state index contributed by atoms with van der Waals surface area (Å²) in [6.45, 7) is 4.88. The van der Waals surface area contributed by atoms with Crippen LogP contribution in [0.3, 0.4) is 0 Å². The van der Waals surface area contributed by atoms with Gasteiger partial charge >= 0.3 is 0 Å². The van der Waals surface area contributed by atoms with Gasteiger partial charge in [0, 0.05) is 26.3 Å². The molecular weight excluding hydrogens is 354 g/mol. The minimum Gasteiger partial charge on any atom is -0.378 e. The second-order valence-corrected chi connectivity index (χ2v) is 8.15. The van der Waals surface area contributed by atoms with E-state index < -0.39 is 0 Å². The number of carbonyl (C=O) groups excluding carboxylic acids is 1. The Labute approximate surface area is 165 Å². The Morgan fingerprint density at radius 2 is 1.74 bits per heavy atom. The SMILES string of the molecule is CC(C)CN1C(=O)/C(=C/c2ccc(N(C)C)cc2)SC1=Nc1ccccc1. The van der Waals surface area contributed by atoms with Crippen molar-refractivity contribution in [1.29, 1.82) is 0 Å². The fraction of sp³-hybridized carbons (Fsp3) is 0.273. The smallest absolute Gasteiger partial charge is 0.266 e. The lowest BCUT2D eigenvalue weighted by molar-refractivity contribution is -0.122. The van der Waals surface area contributed by atoms with Gasteiger partial charge in [-0.2, -0.15) is 0 Å². The molecular formula is C22H25N3OS. The molecule has 0 N–H and O–H groups in total. The maximum Gasteiger partial charge on any atom is 0.266 e. The number of amidine groups is 1. The molecule has 1 saturated heterocycles.